The monoisotopic (exact) mass is 338 g/mol. The van der Waals surface area contributed by atoms with Gasteiger partial charge in [0.2, 0.25) is 5.76 Å². The SMILES string of the molecule is CC(=O)c1ccc(-c2ccc(/C=C/c3onc(C)c3[N+](=O)[O-])o2)cc1. The molecule has 25 heavy (non-hydrogen) atoms. The average Bonchev–Trinajstić information content (AvgIpc) is 3.19. The van der Waals surface area contributed by atoms with Crippen molar-refractivity contribution in [1.29, 1.82) is 0 Å². The predicted octanol–water partition coefficient (Wildman–Crippen LogP) is 4.52. The van der Waals surface area contributed by atoms with Crippen LogP contribution in [0.1, 0.15) is 34.5 Å². The number of carbonyl (C=O) groups excluding carboxylic acids is 1. The third-order valence-corrected chi connectivity index (χ3v) is 3.64. The molecule has 0 saturated heterocycles. The Hall–Kier alpha value is -3.48. The van der Waals surface area contributed by atoms with E-state index in [1.54, 1.807) is 42.5 Å². The first-order valence-electron chi connectivity index (χ1n) is 7.45. The summed E-state index contributed by atoms with van der Waals surface area (Å²) < 4.78 is 10.6. The van der Waals surface area contributed by atoms with Gasteiger partial charge < -0.3 is 8.94 Å². The van der Waals surface area contributed by atoms with Crippen molar-refractivity contribution in [2.24, 2.45) is 0 Å². The van der Waals surface area contributed by atoms with Gasteiger partial charge in [0.15, 0.2) is 11.5 Å². The molecule has 7 heteroatoms. The van der Waals surface area contributed by atoms with Crippen molar-refractivity contribution in [1.82, 2.24) is 5.16 Å². The van der Waals surface area contributed by atoms with E-state index in [9.17, 15) is 14.9 Å². The van der Waals surface area contributed by atoms with Crippen LogP contribution in [0.3, 0.4) is 0 Å². The molecule has 0 aliphatic carbocycles. The van der Waals surface area contributed by atoms with Crippen LogP contribution in [-0.2, 0) is 0 Å². The van der Waals surface area contributed by atoms with E-state index in [-0.39, 0.29) is 22.9 Å². The summed E-state index contributed by atoms with van der Waals surface area (Å²) in [6.45, 7) is 3.02. The molecule has 3 rings (SSSR count). The van der Waals surface area contributed by atoms with Gasteiger partial charge >= 0.3 is 5.69 Å². The van der Waals surface area contributed by atoms with Crippen LogP contribution < -0.4 is 0 Å². The van der Waals surface area contributed by atoms with Crippen molar-refractivity contribution < 1.29 is 18.7 Å². The predicted molar refractivity (Wildman–Crippen MR) is 91.0 cm³/mol. The minimum Gasteiger partial charge on any atom is -0.457 e. The number of hydrogen-bond acceptors (Lipinski definition) is 6. The molecular formula is C18H14N2O5. The number of nitro groups is 1. The summed E-state index contributed by atoms with van der Waals surface area (Å²) in [7, 11) is 0. The highest BCUT2D eigenvalue weighted by Crippen LogP contribution is 2.27. The number of carbonyl (C=O) groups is 1. The lowest BCUT2D eigenvalue weighted by Crippen LogP contribution is -1.90. The van der Waals surface area contributed by atoms with Crippen LogP contribution in [0.25, 0.3) is 23.5 Å². The maximum absolute atomic E-state index is 11.3. The van der Waals surface area contributed by atoms with Crippen molar-refractivity contribution in [3.05, 3.63) is 69.3 Å². The van der Waals surface area contributed by atoms with Crippen LogP contribution in [0.4, 0.5) is 5.69 Å². The molecule has 0 aliphatic rings. The zero-order valence-electron chi connectivity index (χ0n) is 13.6. The quantitative estimate of drug-likeness (QED) is 0.385. The summed E-state index contributed by atoms with van der Waals surface area (Å²) in [5, 5.41) is 14.6. The first kappa shape index (κ1) is 16.4. The molecule has 0 spiro atoms. The van der Waals surface area contributed by atoms with Gasteiger partial charge in [-0.3, -0.25) is 14.9 Å². The fourth-order valence-corrected chi connectivity index (χ4v) is 2.34. The molecular weight excluding hydrogens is 324 g/mol. The Labute approximate surface area is 142 Å². The zero-order valence-corrected chi connectivity index (χ0v) is 13.6. The minimum atomic E-state index is -0.532. The maximum atomic E-state index is 11.3. The normalized spacial score (nSPS) is 11.1. The Morgan fingerprint density at radius 3 is 2.52 bits per heavy atom. The molecule has 0 saturated carbocycles. The highest BCUT2D eigenvalue weighted by atomic mass is 16.6. The Bertz CT molecular complexity index is 964. The number of hydrogen-bond donors (Lipinski definition) is 0. The molecule has 3 aromatic rings. The molecule has 0 bridgehead atoms. The Kier molecular flexibility index (Phi) is 4.30. The van der Waals surface area contributed by atoms with Gasteiger partial charge in [-0.05, 0) is 38.1 Å². The summed E-state index contributed by atoms with van der Waals surface area (Å²) in [6, 6.07) is 10.6. The van der Waals surface area contributed by atoms with E-state index in [4.69, 9.17) is 8.94 Å². The summed E-state index contributed by atoms with van der Waals surface area (Å²) in [5.41, 5.74) is 1.51. The standard InChI is InChI=1S/C18H14N2O5/c1-11-18(20(22)23)17(25-19-11)10-8-15-7-9-16(24-15)14-5-3-13(4-6-14)12(2)21/h3-10H,1-2H3/b10-8+. The van der Waals surface area contributed by atoms with Gasteiger partial charge in [-0.1, -0.05) is 29.4 Å². The summed E-state index contributed by atoms with van der Waals surface area (Å²) in [5.74, 6) is 1.19. The van der Waals surface area contributed by atoms with Gasteiger partial charge in [-0.2, -0.15) is 0 Å². The molecule has 0 unspecified atom stereocenters. The first-order chi connectivity index (χ1) is 12.0. The number of furan rings is 1. The molecule has 1 aromatic carbocycles. The van der Waals surface area contributed by atoms with Crippen molar-refractivity contribution >= 4 is 23.6 Å². The first-order valence-corrected chi connectivity index (χ1v) is 7.45. The number of aromatic nitrogens is 1. The number of rotatable bonds is 5. The van der Waals surface area contributed by atoms with E-state index < -0.39 is 4.92 Å². The number of ketones is 1. The fraction of sp³-hybridized carbons (Fsp3) is 0.111. The van der Waals surface area contributed by atoms with Gasteiger partial charge in [0.25, 0.3) is 0 Å². The van der Waals surface area contributed by atoms with Crippen molar-refractivity contribution in [3.63, 3.8) is 0 Å². The van der Waals surface area contributed by atoms with E-state index in [0.29, 0.717) is 17.1 Å². The highest BCUT2D eigenvalue weighted by Gasteiger charge is 2.22. The van der Waals surface area contributed by atoms with Crippen LogP contribution in [0.2, 0.25) is 0 Å². The largest absolute Gasteiger partial charge is 0.457 e. The Morgan fingerprint density at radius 2 is 1.88 bits per heavy atom. The third kappa shape index (κ3) is 3.40. The van der Waals surface area contributed by atoms with Crippen LogP contribution in [-0.4, -0.2) is 15.9 Å². The second kappa shape index (κ2) is 6.56. The summed E-state index contributed by atoms with van der Waals surface area (Å²) in [6.07, 6.45) is 3.01. The molecule has 2 heterocycles. The molecule has 0 atom stereocenters. The van der Waals surface area contributed by atoms with E-state index in [0.717, 1.165) is 5.56 Å². The van der Waals surface area contributed by atoms with Crippen LogP contribution in [0.5, 0.6) is 0 Å². The maximum Gasteiger partial charge on any atom is 0.338 e. The Balaban J connectivity index is 1.82. The van der Waals surface area contributed by atoms with Gasteiger partial charge in [-0.15, -0.1) is 0 Å². The molecule has 0 N–H and O–H groups in total. The van der Waals surface area contributed by atoms with Crippen LogP contribution >= 0.6 is 0 Å². The number of benzene rings is 1. The van der Waals surface area contributed by atoms with Crippen molar-refractivity contribution in [3.8, 4) is 11.3 Å². The van der Waals surface area contributed by atoms with E-state index in [1.807, 2.05) is 0 Å². The molecule has 126 valence electrons. The van der Waals surface area contributed by atoms with Gasteiger partial charge in [-0.25, -0.2) is 0 Å². The molecule has 0 radical (unpaired) electrons. The van der Waals surface area contributed by atoms with Crippen LogP contribution in [0.15, 0.2) is 45.3 Å². The fourth-order valence-electron chi connectivity index (χ4n) is 2.34. The highest BCUT2D eigenvalue weighted by molar-refractivity contribution is 5.94. The Morgan fingerprint density at radius 1 is 1.16 bits per heavy atom. The van der Waals surface area contributed by atoms with E-state index in [2.05, 4.69) is 5.16 Å². The molecule has 7 nitrogen and oxygen atoms in total. The van der Waals surface area contributed by atoms with Gasteiger partial charge in [0, 0.05) is 11.1 Å². The van der Waals surface area contributed by atoms with Crippen LogP contribution in [0, 0.1) is 17.0 Å². The summed E-state index contributed by atoms with van der Waals surface area (Å²) in [4.78, 5) is 21.8. The number of aryl methyl sites for hydroxylation is 1. The lowest BCUT2D eigenvalue weighted by atomic mass is 10.1. The summed E-state index contributed by atoms with van der Waals surface area (Å²) >= 11 is 0. The molecule has 0 fully saturated rings. The smallest absolute Gasteiger partial charge is 0.338 e. The van der Waals surface area contributed by atoms with Crippen molar-refractivity contribution in [2.45, 2.75) is 13.8 Å². The van der Waals surface area contributed by atoms with Crippen molar-refractivity contribution in [2.75, 3.05) is 0 Å². The number of Topliss-reactive ketones (excluding diaryl/α,β-unsaturated/α-hetero) is 1. The third-order valence-electron chi connectivity index (χ3n) is 3.64. The van der Waals surface area contributed by atoms with E-state index >= 15 is 0 Å². The van der Waals surface area contributed by atoms with Gasteiger partial charge in [0.05, 0.1) is 4.92 Å². The lowest BCUT2D eigenvalue weighted by Gasteiger charge is -1.98. The molecule has 2 aromatic heterocycles. The zero-order chi connectivity index (χ0) is 18.0. The molecule has 0 aliphatic heterocycles. The average molecular weight is 338 g/mol. The lowest BCUT2D eigenvalue weighted by molar-refractivity contribution is -0.386. The van der Waals surface area contributed by atoms with E-state index in [1.165, 1.54) is 19.9 Å². The topological polar surface area (TPSA) is 99.4 Å². The minimum absolute atomic E-state index is 0.00133. The number of nitrogens with zero attached hydrogens (tertiary/aromatic N) is 2. The molecule has 0 amide bonds. The second-order valence-electron chi connectivity index (χ2n) is 5.41. The van der Waals surface area contributed by atoms with Gasteiger partial charge in [0.1, 0.15) is 11.5 Å². The second-order valence-corrected chi connectivity index (χ2v) is 5.41.